The topological polar surface area (TPSA) is 67.6 Å². The van der Waals surface area contributed by atoms with Crippen molar-refractivity contribution in [2.75, 3.05) is 32.6 Å². The number of primary amides is 1. The van der Waals surface area contributed by atoms with E-state index in [-0.39, 0.29) is 5.91 Å². The molecule has 1 rings (SSSR count). The Labute approximate surface area is 108 Å². The summed E-state index contributed by atoms with van der Waals surface area (Å²) in [4.78, 5) is 13.4. The van der Waals surface area contributed by atoms with Crippen molar-refractivity contribution in [3.8, 4) is 5.75 Å². The Morgan fingerprint density at radius 1 is 1.50 bits per heavy atom. The molecule has 1 atom stereocenters. The molecule has 1 amide bonds. The molecule has 100 valence electrons. The first kappa shape index (κ1) is 14.3. The SMILES string of the molecule is CNC(C)(CN(C)c1ccccc1OC)C(N)=O. The number of para-hydroxylation sites is 2. The van der Waals surface area contributed by atoms with Crippen LogP contribution in [-0.2, 0) is 4.79 Å². The predicted octanol–water partition coefficient (Wildman–Crippen LogP) is 0.595. The Hall–Kier alpha value is -1.75. The molecule has 3 N–H and O–H groups in total. The number of methoxy groups -OCH3 is 1. The van der Waals surface area contributed by atoms with Crippen LogP contribution in [0.1, 0.15) is 6.92 Å². The summed E-state index contributed by atoms with van der Waals surface area (Å²) in [7, 11) is 5.25. The van der Waals surface area contributed by atoms with Gasteiger partial charge in [0.15, 0.2) is 0 Å². The number of anilines is 1. The van der Waals surface area contributed by atoms with Gasteiger partial charge >= 0.3 is 0 Å². The highest BCUT2D eigenvalue weighted by Gasteiger charge is 2.31. The fraction of sp³-hybridized carbons (Fsp3) is 0.462. The highest BCUT2D eigenvalue weighted by Crippen LogP contribution is 2.27. The molecule has 0 heterocycles. The van der Waals surface area contributed by atoms with Gasteiger partial charge in [-0.05, 0) is 26.1 Å². The molecule has 0 saturated carbocycles. The van der Waals surface area contributed by atoms with Gasteiger partial charge in [-0.25, -0.2) is 0 Å². The minimum absolute atomic E-state index is 0.383. The summed E-state index contributed by atoms with van der Waals surface area (Å²) in [5, 5.41) is 2.96. The predicted molar refractivity (Wildman–Crippen MR) is 72.9 cm³/mol. The molecule has 1 aromatic rings. The van der Waals surface area contributed by atoms with E-state index in [1.54, 1.807) is 21.1 Å². The second kappa shape index (κ2) is 5.73. The van der Waals surface area contributed by atoms with Gasteiger partial charge in [0.2, 0.25) is 5.91 Å². The molecule has 18 heavy (non-hydrogen) atoms. The van der Waals surface area contributed by atoms with Crippen molar-refractivity contribution >= 4 is 11.6 Å². The second-order valence-corrected chi connectivity index (χ2v) is 4.47. The minimum atomic E-state index is -0.782. The molecular formula is C13H21N3O2. The number of rotatable bonds is 6. The normalized spacial score (nSPS) is 13.8. The van der Waals surface area contributed by atoms with Gasteiger partial charge in [-0.15, -0.1) is 0 Å². The van der Waals surface area contributed by atoms with Gasteiger partial charge in [0.05, 0.1) is 12.8 Å². The maximum Gasteiger partial charge on any atom is 0.239 e. The van der Waals surface area contributed by atoms with Gasteiger partial charge in [0.1, 0.15) is 11.3 Å². The molecule has 0 radical (unpaired) electrons. The number of benzene rings is 1. The molecule has 5 heteroatoms. The Bertz CT molecular complexity index is 422. The molecule has 0 aliphatic heterocycles. The smallest absolute Gasteiger partial charge is 0.239 e. The highest BCUT2D eigenvalue weighted by atomic mass is 16.5. The number of likely N-dealkylation sites (N-methyl/N-ethyl adjacent to an activating group) is 2. The van der Waals surface area contributed by atoms with Crippen LogP contribution >= 0.6 is 0 Å². The van der Waals surface area contributed by atoms with Crippen LogP contribution in [0.25, 0.3) is 0 Å². The molecular weight excluding hydrogens is 230 g/mol. The number of amides is 1. The Balaban J connectivity index is 2.94. The first-order valence-electron chi connectivity index (χ1n) is 5.77. The largest absolute Gasteiger partial charge is 0.495 e. The maximum atomic E-state index is 11.5. The van der Waals surface area contributed by atoms with Gasteiger partial charge in [-0.1, -0.05) is 12.1 Å². The summed E-state index contributed by atoms with van der Waals surface area (Å²) in [5.41, 5.74) is 5.56. The lowest BCUT2D eigenvalue weighted by Gasteiger charge is -2.32. The number of nitrogens with two attached hydrogens (primary N) is 1. The summed E-state index contributed by atoms with van der Waals surface area (Å²) in [5.74, 6) is 0.384. The second-order valence-electron chi connectivity index (χ2n) is 4.47. The fourth-order valence-electron chi connectivity index (χ4n) is 1.78. The number of nitrogens with one attached hydrogen (secondary N) is 1. The molecule has 0 aromatic heterocycles. The van der Waals surface area contributed by atoms with E-state index in [4.69, 9.17) is 10.5 Å². The zero-order chi connectivity index (χ0) is 13.8. The molecule has 0 spiro atoms. The van der Waals surface area contributed by atoms with Crippen LogP contribution in [0.4, 0.5) is 5.69 Å². The van der Waals surface area contributed by atoms with Crippen LogP contribution in [0, 0.1) is 0 Å². The lowest BCUT2D eigenvalue weighted by molar-refractivity contribution is -0.123. The lowest BCUT2D eigenvalue weighted by Crippen LogP contribution is -2.58. The highest BCUT2D eigenvalue weighted by molar-refractivity contribution is 5.85. The quantitative estimate of drug-likeness (QED) is 0.776. The summed E-state index contributed by atoms with van der Waals surface area (Å²) in [6.07, 6.45) is 0. The van der Waals surface area contributed by atoms with Crippen LogP contribution < -0.4 is 20.7 Å². The summed E-state index contributed by atoms with van der Waals surface area (Å²) in [6.45, 7) is 2.24. The van der Waals surface area contributed by atoms with E-state index in [0.717, 1.165) is 11.4 Å². The van der Waals surface area contributed by atoms with E-state index >= 15 is 0 Å². The van der Waals surface area contributed by atoms with Crippen molar-refractivity contribution in [3.63, 3.8) is 0 Å². The summed E-state index contributed by atoms with van der Waals surface area (Å²) in [6, 6.07) is 7.65. The third-order valence-electron chi connectivity index (χ3n) is 3.15. The summed E-state index contributed by atoms with van der Waals surface area (Å²) >= 11 is 0. The number of ether oxygens (including phenoxy) is 1. The number of hydrogen-bond acceptors (Lipinski definition) is 4. The van der Waals surface area contributed by atoms with Crippen molar-refractivity contribution in [1.29, 1.82) is 0 Å². The van der Waals surface area contributed by atoms with E-state index < -0.39 is 5.54 Å². The van der Waals surface area contributed by atoms with Crippen molar-refractivity contribution in [1.82, 2.24) is 5.32 Å². The van der Waals surface area contributed by atoms with Gasteiger partial charge < -0.3 is 20.7 Å². The minimum Gasteiger partial charge on any atom is -0.495 e. The van der Waals surface area contributed by atoms with Crippen LogP contribution in [-0.4, -0.2) is 39.2 Å². The standard InChI is InChI=1S/C13H21N3O2/c1-13(15-2,12(14)17)9-16(3)10-7-5-6-8-11(10)18-4/h5-8,15H,9H2,1-4H3,(H2,14,17). The molecule has 1 unspecified atom stereocenters. The van der Waals surface area contributed by atoms with E-state index in [1.807, 2.05) is 36.2 Å². The Morgan fingerprint density at radius 3 is 2.61 bits per heavy atom. The average molecular weight is 251 g/mol. The number of carbonyl (C=O) groups is 1. The van der Waals surface area contributed by atoms with Gasteiger partial charge in [-0.2, -0.15) is 0 Å². The molecule has 0 saturated heterocycles. The zero-order valence-corrected chi connectivity index (χ0v) is 11.4. The zero-order valence-electron chi connectivity index (χ0n) is 11.4. The average Bonchev–Trinajstić information content (AvgIpc) is 2.38. The first-order chi connectivity index (χ1) is 8.44. The van der Waals surface area contributed by atoms with Crippen LogP contribution in [0.3, 0.4) is 0 Å². The third-order valence-corrected chi connectivity index (χ3v) is 3.15. The Morgan fingerprint density at radius 2 is 2.11 bits per heavy atom. The van der Waals surface area contributed by atoms with Crippen molar-refractivity contribution < 1.29 is 9.53 Å². The van der Waals surface area contributed by atoms with Crippen molar-refractivity contribution in [2.24, 2.45) is 5.73 Å². The molecule has 0 aliphatic rings. The molecule has 0 bridgehead atoms. The van der Waals surface area contributed by atoms with Gasteiger partial charge in [0, 0.05) is 13.6 Å². The van der Waals surface area contributed by atoms with Crippen LogP contribution in [0.2, 0.25) is 0 Å². The van der Waals surface area contributed by atoms with Crippen molar-refractivity contribution in [2.45, 2.75) is 12.5 Å². The maximum absolute atomic E-state index is 11.5. The van der Waals surface area contributed by atoms with Crippen molar-refractivity contribution in [3.05, 3.63) is 24.3 Å². The van der Waals surface area contributed by atoms with Gasteiger partial charge in [-0.3, -0.25) is 4.79 Å². The fourth-order valence-corrected chi connectivity index (χ4v) is 1.78. The Kier molecular flexibility index (Phi) is 4.55. The van der Waals surface area contributed by atoms with Crippen LogP contribution in [0.5, 0.6) is 5.75 Å². The molecule has 1 aromatic carbocycles. The third kappa shape index (κ3) is 2.92. The number of nitrogens with zero attached hydrogens (tertiary/aromatic N) is 1. The molecule has 5 nitrogen and oxygen atoms in total. The summed E-state index contributed by atoms with van der Waals surface area (Å²) < 4.78 is 5.30. The van der Waals surface area contributed by atoms with E-state index in [2.05, 4.69) is 5.32 Å². The van der Waals surface area contributed by atoms with Gasteiger partial charge in [0.25, 0.3) is 0 Å². The monoisotopic (exact) mass is 251 g/mol. The number of carbonyl (C=O) groups excluding carboxylic acids is 1. The number of hydrogen-bond donors (Lipinski definition) is 2. The lowest BCUT2D eigenvalue weighted by atomic mass is 10.0. The molecule has 0 aliphatic carbocycles. The van der Waals surface area contributed by atoms with E-state index in [9.17, 15) is 4.79 Å². The molecule has 0 fully saturated rings. The van der Waals surface area contributed by atoms with E-state index in [0.29, 0.717) is 6.54 Å². The van der Waals surface area contributed by atoms with E-state index in [1.165, 1.54) is 0 Å². The first-order valence-corrected chi connectivity index (χ1v) is 5.77. The van der Waals surface area contributed by atoms with Crippen LogP contribution in [0.15, 0.2) is 24.3 Å².